The van der Waals surface area contributed by atoms with Crippen molar-refractivity contribution in [3.63, 3.8) is 0 Å². The fraction of sp³-hybridized carbons (Fsp3) is 0.833. The highest BCUT2D eigenvalue weighted by molar-refractivity contribution is 6.02. The van der Waals surface area contributed by atoms with Gasteiger partial charge in [-0.25, -0.2) is 4.79 Å². The molecule has 1 amide bonds. The highest BCUT2D eigenvalue weighted by atomic mass is 16.6. The Labute approximate surface area is 143 Å². The molecule has 0 N–H and O–H groups in total. The molecular weight excluding hydrogens is 310 g/mol. The number of ketones is 1. The van der Waals surface area contributed by atoms with E-state index in [-0.39, 0.29) is 29.8 Å². The predicted molar refractivity (Wildman–Crippen MR) is 88.4 cm³/mol. The smallest absolute Gasteiger partial charge is 0.410 e. The number of amides is 1. The molecule has 0 aromatic rings. The van der Waals surface area contributed by atoms with Gasteiger partial charge in [0, 0.05) is 19.0 Å². The second-order valence-electron chi connectivity index (χ2n) is 8.02. The van der Waals surface area contributed by atoms with Crippen LogP contribution in [-0.2, 0) is 19.1 Å². The Hall–Kier alpha value is -1.59. The first-order valence-corrected chi connectivity index (χ1v) is 8.78. The molecule has 0 bridgehead atoms. The molecule has 0 aromatic heterocycles. The fourth-order valence-corrected chi connectivity index (χ4v) is 3.96. The minimum absolute atomic E-state index is 0.0147. The van der Waals surface area contributed by atoms with Crippen molar-refractivity contribution in [3.05, 3.63) is 0 Å². The Kier molecular flexibility index (Phi) is 5.25. The Bertz CT molecular complexity index is 514. The molecule has 6 nitrogen and oxygen atoms in total. The van der Waals surface area contributed by atoms with Crippen LogP contribution >= 0.6 is 0 Å². The van der Waals surface area contributed by atoms with Crippen LogP contribution in [0.4, 0.5) is 4.79 Å². The van der Waals surface area contributed by atoms with E-state index in [1.54, 1.807) is 11.8 Å². The van der Waals surface area contributed by atoms with Gasteiger partial charge in [-0.15, -0.1) is 0 Å². The molecule has 136 valence electrons. The molecule has 1 heterocycles. The van der Waals surface area contributed by atoms with Gasteiger partial charge in [-0.05, 0) is 52.4 Å². The van der Waals surface area contributed by atoms with Crippen LogP contribution in [0.5, 0.6) is 0 Å². The maximum atomic E-state index is 12.5. The zero-order valence-corrected chi connectivity index (χ0v) is 15.4. The molecular formula is C18H29NO5. The van der Waals surface area contributed by atoms with Gasteiger partial charge in [0.1, 0.15) is 17.3 Å². The number of ether oxygens (including phenoxy) is 2. The van der Waals surface area contributed by atoms with Crippen molar-refractivity contribution in [1.82, 2.24) is 4.90 Å². The largest absolute Gasteiger partial charge is 0.465 e. The Morgan fingerprint density at radius 1 is 1.25 bits per heavy atom. The first-order valence-electron chi connectivity index (χ1n) is 8.78. The van der Waals surface area contributed by atoms with Gasteiger partial charge < -0.3 is 14.4 Å². The number of piperidine rings is 1. The Morgan fingerprint density at radius 2 is 1.83 bits per heavy atom. The molecule has 2 rings (SSSR count). The zero-order chi connectivity index (χ0) is 18.1. The highest BCUT2D eigenvalue weighted by Gasteiger charge is 2.56. The Balaban J connectivity index is 2.08. The van der Waals surface area contributed by atoms with E-state index in [1.807, 2.05) is 27.7 Å². The molecule has 24 heavy (non-hydrogen) atoms. The standard InChI is InChI=1S/C18H29NO5/c1-6-23-15(21)13-14(20)12(2)11-18(13)7-9-19(10-8-18)16(22)24-17(3,4)5/h12-13H,6-11H2,1-5H3/t12?,13-/m1/s1. The molecule has 1 saturated carbocycles. The summed E-state index contributed by atoms with van der Waals surface area (Å²) in [4.78, 5) is 38.7. The van der Waals surface area contributed by atoms with Gasteiger partial charge in [0.15, 0.2) is 0 Å². The van der Waals surface area contributed by atoms with Gasteiger partial charge in [-0.1, -0.05) is 6.92 Å². The average molecular weight is 339 g/mol. The van der Waals surface area contributed by atoms with Gasteiger partial charge in [-0.3, -0.25) is 9.59 Å². The minimum atomic E-state index is -0.687. The first-order chi connectivity index (χ1) is 11.1. The second-order valence-corrected chi connectivity index (χ2v) is 8.02. The molecule has 2 aliphatic rings. The highest BCUT2D eigenvalue weighted by Crippen LogP contribution is 2.51. The van der Waals surface area contributed by atoms with Crippen LogP contribution in [0.2, 0.25) is 0 Å². The van der Waals surface area contributed by atoms with Gasteiger partial charge >= 0.3 is 12.1 Å². The molecule has 1 aliphatic carbocycles. The zero-order valence-electron chi connectivity index (χ0n) is 15.4. The molecule has 1 spiro atoms. The lowest BCUT2D eigenvalue weighted by Crippen LogP contribution is -2.48. The summed E-state index contributed by atoms with van der Waals surface area (Å²) in [5.74, 6) is -1.24. The van der Waals surface area contributed by atoms with Crippen molar-refractivity contribution in [3.8, 4) is 0 Å². The first kappa shape index (κ1) is 18.7. The molecule has 0 radical (unpaired) electrons. The summed E-state index contributed by atoms with van der Waals surface area (Å²) in [6.45, 7) is 10.4. The van der Waals surface area contributed by atoms with Gasteiger partial charge in [0.25, 0.3) is 0 Å². The molecule has 1 unspecified atom stereocenters. The summed E-state index contributed by atoms with van der Waals surface area (Å²) in [7, 11) is 0. The third kappa shape index (κ3) is 3.73. The van der Waals surface area contributed by atoms with Gasteiger partial charge in [0.05, 0.1) is 6.61 Å². The van der Waals surface area contributed by atoms with E-state index in [0.29, 0.717) is 32.4 Å². The van der Waals surface area contributed by atoms with Crippen molar-refractivity contribution in [2.75, 3.05) is 19.7 Å². The van der Waals surface area contributed by atoms with Gasteiger partial charge in [-0.2, -0.15) is 0 Å². The van der Waals surface area contributed by atoms with Crippen LogP contribution in [0, 0.1) is 17.3 Å². The number of carbonyl (C=O) groups excluding carboxylic acids is 3. The van der Waals surface area contributed by atoms with Crippen molar-refractivity contribution in [1.29, 1.82) is 0 Å². The van der Waals surface area contributed by atoms with E-state index in [2.05, 4.69) is 0 Å². The lowest BCUT2D eigenvalue weighted by atomic mass is 9.70. The number of rotatable bonds is 2. The summed E-state index contributed by atoms with van der Waals surface area (Å²) in [6.07, 6.45) is 1.62. The molecule has 1 saturated heterocycles. The van der Waals surface area contributed by atoms with E-state index < -0.39 is 17.5 Å². The van der Waals surface area contributed by atoms with Crippen LogP contribution in [0.3, 0.4) is 0 Å². The molecule has 1 aliphatic heterocycles. The number of hydrogen-bond acceptors (Lipinski definition) is 5. The fourth-order valence-electron chi connectivity index (χ4n) is 3.96. The summed E-state index contributed by atoms with van der Waals surface area (Å²) < 4.78 is 10.6. The van der Waals surface area contributed by atoms with Crippen LogP contribution in [0.15, 0.2) is 0 Å². The number of carbonyl (C=O) groups is 3. The lowest BCUT2D eigenvalue weighted by molar-refractivity contribution is -0.156. The second kappa shape index (κ2) is 6.73. The summed E-state index contributed by atoms with van der Waals surface area (Å²) in [6, 6.07) is 0. The van der Waals surface area contributed by atoms with Gasteiger partial charge in [0.2, 0.25) is 0 Å². The number of hydrogen-bond donors (Lipinski definition) is 0. The third-order valence-corrected chi connectivity index (χ3v) is 5.03. The van der Waals surface area contributed by atoms with E-state index >= 15 is 0 Å². The van der Waals surface area contributed by atoms with Crippen LogP contribution in [0.1, 0.15) is 53.9 Å². The maximum Gasteiger partial charge on any atom is 0.410 e. The van der Waals surface area contributed by atoms with Crippen LogP contribution < -0.4 is 0 Å². The predicted octanol–water partition coefficient (Wildman–Crippen LogP) is 2.79. The number of nitrogens with zero attached hydrogens (tertiary/aromatic N) is 1. The van der Waals surface area contributed by atoms with Crippen molar-refractivity contribution < 1.29 is 23.9 Å². The molecule has 0 aromatic carbocycles. The monoisotopic (exact) mass is 339 g/mol. The van der Waals surface area contributed by atoms with E-state index in [1.165, 1.54) is 0 Å². The number of esters is 1. The van der Waals surface area contributed by atoms with Crippen LogP contribution in [-0.4, -0.2) is 48.0 Å². The summed E-state index contributed by atoms with van der Waals surface area (Å²) in [5, 5.41) is 0. The summed E-state index contributed by atoms with van der Waals surface area (Å²) >= 11 is 0. The van der Waals surface area contributed by atoms with E-state index in [9.17, 15) is 14.4 Å². The maximum absolute atomic E-state index is 12.5. The molecule has 2 atom stereocenters. The minimum Gasteiger partial charge on any atom is -0.465 e. The third-order valence-electron chi connectivity index (χ3n) is 5.03. The van der Waals surface area contributed by atoms with Crippen molar-refractivity contribution in [2.45, 2.75) is 59.5 Å². The topological polar surface area (TPSA) is 72.9 Å². The quantitative estimate of drug-likeness (QED) is 0.571. The lowest BCUT2D eigenvalue weighted by Gasteiger charge is -2.41. The normalized spacial score (nSPS) is 26.5. The Morgan fingerprint density at radius 3 is 2.33 bits per heavy atom. The molecule has 2 fully saturated rings. The number of likely N-dealkylation sites (tertiary alicyclic amines) is 1. The summed E-state index contributed by atoms with van der Waals surface area (Å²) in [5.41, 5.74) is -0.904. The van der Waals surface area contributed by atoms with E-state index in [4.69, 9.17) is 9.47 Å². The molecule has 6 heteroatoms. The van der Waals surface area contributed by atoms with Crippen LogP contribution in [0.25, 0.3) is 0 Å². The SMILES string of the molecule is CCOC(=O)[C@H]1C(=O)C(C)CC12CCN(C(=O)OC(C)(C)C)CC2. The van der Waals surface area contributed by atoms with Crippen molar-refractivity contribution in [2.24, 2.45) is 17.3 Å². The number of Topliss-reactive ketones (excluding diaryl/α,β-unsaturated/α-hetero) is 1. The van der Waals surface area contributed by atoms with Crippen molar-refractivity contribution >= 4 is 17.8 Å². The average Bonchev–Trinajstić information content (AvgIpc) is 2.69. The van der Waals surface area contributed by atoms with E-state index in [0.717, 1.165) is 0 Å².